The van der Waals surface area contributed by atoms with E-state index < -0.39 is 42.2 Å². The number of aliphatic carboxylic acids is 2. The molecule has 0 aliphatic heterocycles. The van der Waals surface area contributed by atoms with Crippen LogP contribution in [0, 0.1) is 0 Å². The van der Waals surface area contributed by atoms with Gasteiger partial charge in [-0.2, -0.15) is 13.2 Å². The van der Waals surface area contributed by atoms with Crippen LogP contribution in [-0.2, 0) is 27.1 Å². The number of hydrogen-bond donors (Lipinski definition) is 3. The lowest BCUT2D eigenvalue weighted by atomic mass is 9.87. The van der Waals surface area contributed by atoms with Crippen LogP contribution < -0.4 is 5.32 Å². The van der Waals surface area contributed by atoms with Crippen LogP contribution in [-0.4, -0.2) is 74.6 Å². The molecule has 1 aromatic carbocycles. The number of alkyl halides is 3. The molecule has 9 nitrogen and oxygen atoms in total. The van der Waals surface area contributed by atoms with Crippen LogP contribution in [0.5, 0.6) is 0 Å². The molecule has 3 N–H and O–H groups in total. The first-order valence-electron chi connectivity index (χ1n) is 11.8. The SMILES string of the molecule is O=C(O)CN(CC(=O)Nc1ccc(C(F)(F)F)cc1)C1CCCC[C@@H]1N(CC(=O)O)Cc1ccccn1. The Balaban J connectivity index is 1.78. The van der Waals surface area contributed by atoms with Gasteiger partial charge in [0.05, 0.1) is 30.9 Å². The summed E-state index contributed by atoms with van der Waals surface area (Å²) in [5.74, 6) is -2.77. The summed E-state index contributed by atoms with van der Waals surface area (Å²) in [4.78, 5) is 43.6. The summed E-state index contributed by atoms with van der Waals surface area (Å²) in [6, 6.07) is 8.52. The minimum Gasteiger partial charge on any atom is -0.480 e. The summed E-state index contributed by atoms with van der Waals surface area (Å²) in [5.41, 5.74) is -0.0384. The number of carbonyl (C=O) groups excluding carboxylic acids is 1. The summed E-state index contributed by atoms with van der Waals surface area (Å²) in [7, 11) is 0. The summed E-state index contributed by atoms with van der Waals surface area (Å²) in [6.07, 6.45) is -0.130. The molecule has 1 fully saturated rings. The molecular weight excluding hydrogens is 493 g/mol. The van der Waals surface area contributed by atoms with Gasteiger partial charge in [-0.1, -0.05) is 18.9 Å². The van der Waals surface area contributed by atoms with E-state index in [0.29, 0.717) is 18.5 Å². The van der Waals surface area contributed by atoms with Crippen LogP contribution in [0.1, 0.15) is 36.9 Å². The standard InChI is InChI=1S/C25H29F3N4O5/c26-25(27,28)17-8-10-18(11-9-17)30-22(33)14-32(16-24(36)37)21-7-2-1-6-20(21)31(15-23(34)35)13-19-5-3-4-12-29-19/h3-5,8-12,20-21H,1-2,6-7,13-16H2,(H,30,33)(H,34,35)(H,36,37)/t20-,21?/m0/s1. The summed E-state index contributed by atoms with van der Waals surface area (Å²) >= 11 is 0. The monoisotopic (exact) mass is 522 g/mol. The number of aromatic nitrogens is 1. The maximum Gasteiger partial charge on any atom is 0.416 e. The fourth-order valence-corrected chi connectivity index (χ4v) is 4.70. The number of rotatable bonds is 11. The highest BCUT2D eigenvalue weighted by atomic mass is 19.4. The van der Waals surface area contributed by atoms with Crippen molar-refractivity contribution in [2.45, 2.75) is 50.5 Å². The molecule has 1 aliphatic rings. The zero-order chi connectivity index (χ0) is 27.0. The number of anilines is 1. The molecule has 2 atom stereocenters. The van der Waals surface area contributed by atoms with Crippen LogP contribution >= 0.6 is 0 Å². The summed E-state index contributed by atoms with van der Waals surface area (Å²) < 4.78 is 38.4. The predicted octanol–water partition coefficient (Wildman–Crippen LogP) is 3.32. The Kier molecular flexibility index (Phi) is 9.59. The number of amides is 1. The predicted molar refractivity (Wildman–Crippen MR) is 128 cm³/mol. The number of nitrogens with zero attached hydrogens (tertiary/aromatic N) is 3. The van der Waals surface area contributed by atoms with E-state index in [1.165, 1.54) is 4.90 Å². The van der Waals surface area contributed by atoms with Gasteiger partial charge in [-0.05, 0) is 49.2 Å². The van der Waals surface area contributed by atoms with Gasteiger partial charge in [-0.25, -0.2) is 0 Å². The van der Waals surface area contributed by atoms with Gasteiger partial charge in [0, 0.05) is 30.5 Å². The molecule has 0 spiro atoms. The lowest BCUT2D eigenvalue weighted by molar-refractivity contribution is -0.143. The normalized spacial score (nSPS) is 18.1. The van der Waals surface area contributed by atoms with E-state index in [0.717, 1.165) is 37.1 Å². The van der Waals surface area contributed by atoms with Crippen LogP contribution in [0.15, 0.2) is 48.7 Å². The van der Waals surface area contributed by atoms with Gasteiger partial charge >= 0.3 is 18.1 Å². The maximum absolute atomic E-state index is 12.8. The highest BCUT2D eigenvalue weighted by Gasteiger charge is 2.37. The third kappa shape index (κ3) is 8.53. The average Bonchev–Trinajstić information content (AvgIpc) is 2.83. The quantitative estimate of drug-likeness (QED) is 0.411. The first-order valence-corrected chi connectivity index (χ1v) is 11.8. The van der Waals surface area contributed by atoms with Crippen LogP contribution in [0.4, 0.5) is 18.9 Å². The fraction of sp³-hybridized carbons (Fsp3) is 0.440. The summed E-state index contributed by atoms with van der Waals surface area (Å²) in [6.45, 7) is -0.811. The van der Waals surface area contributed by atoms with Gasteiger partial charge in [0.25, 0.3) is 0 Å². The largest absolute Gasteiger partial charge is 0.480 e. The van der Waals surface area contributed by atoms with Gasteiger partial charge in [0.15, 0.2) is 0 Å². The van der Waals surface area contributed by atoms with E-state index in [-0.39, 0.29) is 31.4 Å². The minimum atomic E-state index is -4.51. The van der Waals surface area contributed by atoms with Crippen molar-refractivity contribution in [3.05, 3.63) is 59.9 Å². The zero-order valence-corrected chi connectivity index (χ0v) is 20.0. The van der Waals surface area contributed by atoms with E-state index in [1.807, 2.05) is 0 Å². The molecule has 0 saturated heterocycles. The second kappa shape index (κ2) is 12.6. The zero-order valence-electron chi connectivity index (χ0n) is 20.0. The first-order chi connectivity index (χ1) is 17.5. The number of halogens is 3. The molecule has 1 saturated carbocycles. The van der Waals surface area contributed by atoms with Crippen molar-refractivity contribution in [2.75, 3.05) is 25.0 Å². The number of nitrogens with one attached hydrogen (secondary N) is 1. The Labute approximate surface area is 211 Å². The van der Waals surface area contributed by atoms with E-state index in [1.54, 1.807) is 29.3 Å². The second-order valence-electron chi connectivity index (χ2n) is 8.96. The number of pyridine rings is 1. The number of benzene rings is 1. The van der Waals surface area contributed by atoms with E-state index in [2.05, 4.69) is 10.3 Å². The molecule has 1 unspecified atom stereocenters. The van der Waals surface area contributed by atoms with Crippen molar-refractivity contribution in [3.63, 3.8) is 0 Å². The van der Waals surface area contributed by atoms with Gasteiger partial charge < -0.3 is 15.5 Å². The third-order valence-corrected chi connectivity index (χ3v) is 6.24. The van der Waals surface area contributed by atoms with Gasteiger partial charge in [-0.3, -0.25) is 29.2 Å². The number of carboxylic acid groups (broad SMARTS) is 2. The molecular formula is C25H29F3N4O5. The Morgan fingerprint density at radius 2 is 1.49 bits per heavy atom. The van der Waals surface area contributed by atoms with E-state index >= 15 is 0 Å². The van der Waals surface area contributed by atoms with Crippen molar-refractivity contribution in [2.24, 2.45) is 0 Å². The van der Waals surface area contributed by atoms with Gasteiger partial charge in [-0.15, -0.1) is 0 Å². The molecule has 1 heterocycles. The number of carbonyl (C=O) groups is 3. The highest BCUT2D eigenvalue weighted by molar-refractivity contribution is 5.92. The smallest absolute Gasteiger partial charge is 0.416 e. The van der Waals surface area contributed by atoms with Crippen molar-refractivity contribution in [1.82, 2.24) is 14.8 Å². The summed E-state index contributed by atoms with van der Waals surface area (Å²) in [5, 5.41) is 21.6. The van der Waals surface area contributed by atoms with Gasteiger partial charge in [0.2, 0.25) is 5.91 Å². The lowest BCUT2D eigenvalue weighted by Crippen LogP contribution is -2.56. The second-order valence-corrected chi connectivity index (χ2v) is 8.96. The molecule has 2 aromatic rings. The maximum atomic E-state index is 12.8. The topological polar surface area (TPSA) is 123 Å². The molecule has 1 amide bonds. The Morgan fingerprint density at radius 1 is 0.892 bits per heavy atom. The van der Waals surface area contributed by atoms with Crippen molar-refractivity contribution >= 4 is 23.5 Å². The van der Waals surface area contributed by atoms with E-state index in [9.17, 15) is 37.8 Å². The third-order valence-electron chi connectivity index (χ3n) is 6.24. The molecule has 1 aromatic heterocycles. The van der Waals surface area contributed by atoms with Crippen LogP contribution in [0.25, 0.3) is 0 Å². The molecule has 12 heteroatoms. The molecule has 0 radical (unpaired) electrons. The first kappa shape index (κ1) is 28.1. The Morgan fingerprint density at radius 3 is 2.03 bits per heavy atom. The molecule has 200 valence electrons. The minimum absolute atomic E-state index is 0.149. The van der Waals surface area contributed by atoms with Crippen molar-refractivity contribution in [3.8, 4) is 0 Å². The highest BCUT2D eigenvalue weighted by Crippen LogP contribution is 2.30. The molecule has 1 aliphatic carbocycles. The van der Waals surface area contributed by atoms with Crippen molar-refractivity contribution in [1.29, 1.82) is 0 Å². The number of carboxylic acids is 2. The lowest BCUT2D eigenvalue weighted by Gasteiger charge is -2.44. The van der Waals surface area contributed by atoms with Gasteiger partial charge in [0.1, 0.15) is 0 Å². The Bertz CT molecular complexity index is 1070. The van der Waals surface area contributed by atoms with E-state index in [4.69, 9.17) is 0 Å². The molecule has 0 bridgehead atoms. The average molecular weight is 523 g/mol. The molecule has 37 heavy (non-hydrogen) atoms. The molecule has 3 rings (SSSR count). The van der Waals surface area contributed by atoms with Crippen LogP contribution in [0.2, 0.25) is 0 Å². The van der Waals surface area contributed by atoms with Crippen molar-refractivity contribution < 1.29 is 37.8 Å². The number of hydrogen-bond acceptors (Lipinski definition) is 6. The van der Waals surface area contributed by atoms with Crippen LogP contribution in [0.3, 0.4) is 0 Å². The fourth-order valence-electron chi connectivity index (χ4n) is 4.70. The Hall–Kier alpha value is -3.51.